The van der Waals surface area contributed by atoms with Crippen LogP contribution in [0, 0.1) is 0 Å². The Bertz CT molecular complexity index is 523. The first kappa shape index (κ1) is 11.6. The molecule has 0 bridgehead atoms. The van der Waals surface area contributed by atoms with E-state index in [1.54, 1.807) is 6.07 Å². The molecule has 96 valence electrons. The third-order valence-electron chi connectivity index (χ3n) is 2.80. The zero-order valence-corrected chi connectivity index (χ0v) is 9.99. The van der Waals surface area contributed by atoms with Gasteiger partial charge in [0.05, 0.1) is 5.69 Å². The average molecular weight is 273 g/mol. The fourth-order valence-corrected chi connectivity index (χ4v) is 2.41. The van der Waals surface area contributed by atoms with E-state index in [2.05, 4.69) is 22.1 Å². The van der Waals surface area contributed by atoms with Gasteiger partial charge in [0.25, 0.3) is 0 Å². The van der Waals surface area contributed by atoms with Crippen LogP contribution in [0.2, 0.25) is 0 Å². The highest BCUT2D eigenvalue weighted by atomic mass is 32.1. The molecule has 1 aromatic rings. The molecule has 1 atom stereocenters. The maximum Gasteiger partial charge on any atom is 0.586 e. The SMILES string of the molecule is O=C1CC(S)CN1c1cccc2c1OC(F)(F)O2. The number of thiol groups is 1. The van der Waals surface area contributed by atoms with Gasteiger partial charge in [0, 0.05) is 18.2 Å². The number of carbonyl (C=O) groups is 1. The number of fused-ring (bicyclic) bond motifs is 1. The van der Waals surface area contributed by atoms with Gasteiger partial charge in [-0.2, -0.15) is 12.6 Å². The molecule has 1 aromatic carbocycles. The predicted octanol–water partition coefficient (Wildman–Crippen LogP) is 2.04. The first-order valence-corrected chi connectivity index (χ1v) is 5.85. The average Bonchev–Trinajstić information content (AvgIpc) is 2.75. The van der Waals surface area contributed by atoms with Crippen LogP contribution in [-0.4, -0.2) is 24.0 Å². The van der Waals surface area contributed by atoms with Gasteiger partial charge < -0.3 is 14.4 Å². The number of benzene rings is 1. The topological polar surface area (TPSA) is 38.8 Å². The van der Waals surface area contributed by atoms with Crippen molar-refractivity contribution in [2.45, 2.75) is 18.0 Å². The van der Waals surface area contributed by atoms with Crippen molar-refractivity contribution >= 4 is 24.2 Å². The molecule has 1 fully saturated rings. The van der Waals surface area contributed by atoms with Crippen molar-refractivity contribution in [3.05, 3.63) is 18.2 Å². The van der Waals surface area contributed by atoms with Crippen molar-refractivity contribution < 1.29 is 23.0 Å². The van der Waals surface area contributed by atoms with Crippen LogP contribution in [0.4, 0.5) is 14.5 Å². The van der Waals surface area contributed by atoms with Crippen molar-refractivity contribution in [2.24, 2.45) is 0 Å². The van der Waals surface area contributed by atoms with Crippen LogP contribution in [-0.2, 0) is 4.79 Å². The van der Waals surface area contributed by atoms with Gasteiger partial charge >= 0.3 is 6.29 Å². The largest absolute Gasteiger partial charge is 0.586 e. The monoisotopic (exact) mass is 273 g/mol. The molecule has 18 heavy (non-hydrogen) atoms. The summed E-state index contributed by atoms with van der Waals surface area (Å²) < 4.78 is 34.8. The quantitative estimate of drug-likeness (QED) is 0.796. The normalized spacial score (nSPS) is 24.7. The zero-order chi connectivity index (χ0) is 12.9. The third-order valence-corrected chi connectivity index (χ3v) is 3.15. The second-order valence-corrected chi connectivity index (χ2v) is 4.86. The fraction of sp³-hybridized carbons (Fsp3) is 0.364. The number of carbonyl (C=O) groups excluding carboxylic acids is 1. The van der Waals surface area contributed by atoms with Crippen LogP contribution in [0.1, 0.15) is 6.42 Å². The number of halogens is 2. The highest BCUT2D eigenvalue weighted by Crippen LogP contribution is 2.47. The predicted molar refractivity (Wildman–Crippen MR) is 62.4 cm³/mol. The van der Waals surface area contributed by atoms with E-state index in [1.807, 2.05) is 0 Å². The Morgan fingerprint density at radius 2 is 2.17 bits per heavy atom. The van der Waals surface area contributed by atoms with Crippen molar-refractivity contribution in [1.29, 1.82) is 0 Å². The molecule has 2 aliphatic rings. The first-order chi connectivity index (χ1) is 8.46. The molecule has 2 heterocycles. The summed E-state index contributed by atoms with van der Waals surface area (Å²) in [7, 11) is 0. The van der Waals surface area contributed by atoms with Crippen LogP contribution in [0.3, 0.4) is 0 Å². The van der Waals surface area contributed by atoms with Gasteiger partial charge in [0.15, 0.2) is 11.5 Å². The van der Waals surface area contributed by atoms with Crippen LogP contribution < -0.4 is 14.4 Å². The smallest absolute Gasteiger partial charge is 0.395 e. The van der Waals surface area contributed by atoms with E-state index in [1.165, 1.54) is 17.0 Å². The van der Waals surface area contributed by atoms with Gasteiger partial charge in [-0.05, 0) is 12.1 Å². The number of hydrogen-bond acceptors (Lipinski definition) is 4. The zero-order valence-electron chi connectivity index (χ0n) is 9.10. The van der Waals surface area contributed by atoms with Gasteiger partial charge in [0.2, 0.25) is 5.91 Å². The summed E-state index contributed by atoms with van der Waals surface area (Å²) in [5.41, 5.74) is 0.297. The third kappa shape index (κ3) is 1.78. The van der Waals surface area contributed by atoms with E-state index in [-0.39, 0.29) is 29.1 Å². The summed E-state index contributed by atoms with van der Waals surface area (Å²) in [4.78, 5) is 13.1. The first-order valence-electron chi connectivity index (χ1n) is 5.33. The van der Waals surface area contributed by atoms with E-state index in [9.17, 15) is 13.6 Å². The summed E-state index contributed by atoms with van der Waals surface area (Å²) in [5, 5.41) is -0.101. The summed E-state index contributed by atoms with van der Waals surface area (Å²) in [5.74, 6) is -0.326. The molecule has 1 saturated heterocycles. The molecule has 7 heteroatoms. The molecule has 0 spiro atoms. The van der Waals surface area contributed by atoms with E-state index in [0.717, 1.165) is 0 Å². The lowest BCUT2D eigenvalue weighted by atomic mass is 10.2. The van der Waals surface area contributed by atoms with Crippen LogP contribution in [0.25, 0.3) is 0 Å². The van der Waals surface area contributed by atoms with Crippen LogP contribution in [0.15, 0.2) is 18.2 Å². The lowest BCUT2D eigenvalue weighted by Crippen LogP contribution is -2.27. The van der Waals surface area contributed by atoms with Crippen molar-refractivity contribution in [1.82, 2.24) is 0 Å². The number of hydrogen-bond donors (Lipinski definition) is 1. The number of nitrogens with zero attached hydrogens (tertiary/aromatic N) is 1. The molecular formula is C11H9F2NO3S. The molecule has 1 unspecified atom stereocenters. The lowest BCUT2D eigenvalue weighted by molar-refractivity contribution is -0.286. The minimum atomic E-state index is -3.68. The van der Waals surface area contributed by atoms with E-state index in [0.29, 0.717) is 12.2 Å². The molecule has 3 rings (SSSR count). The number of rotatable bonds is 1. The molecule has 4 nitrogen and oxygen atoms in total. The molecule has 0 radical (unpaired) electrons. The number of para-hydroxylation sites is 1. The summed E-state index contributed by atoms with van der Waals surface area (Å²) in [6.45, 7) is 0.368. The fourth-order valence-electron chi connectivity index (χ4n) is 2.09. The highest BCUT2D eigenvalue weighted by molar-refractivity contribution is 7.81. The highest BCUT2D eigenvalue weighted by Gasteiger charge is 2.46. The second-order valence-electron chi connectivity index (χ2n) is 4.13. The minimum Gasteiger partial charge on any atom is -0.395 e. The van der Waals surface area contributed by atoms with Crippen molar-refractivity contribution in [2.75, 3.05) is 11.4 Å². The Hall–Kier alpha value is -1.50. The molecular weight excluding hydrogens is 264 g/mol. The minimum absolute atomic E-state index is 0.0621. The lowest BCUT2D eigenvalue weighted by Gasteiger charge is -2.17. The van der Waals surface area contributed by atoms with E-state index in [4.69, 9.17) is 0 Å². The maximum atomic E-state index is 13.0. The Kier molecular flexibility index (Phi) is 2.41. The van der Waals surface area contributed by atoms with Gasteiger partial charge in [-0.3, -0.25) is 4.79 Å². The molecule has 0 N–H and O–H groups in total. The number of ether oxygens (including phenoxy) is 2. The van der Waals surface area contributed by atoms with Crippen LogP contribution >= 0.6 is 12.6 Å². The summed E-state index contributed by atoms with van der Waals surface area (Å²) in [6.07, 6.45) is -3.40. The number of anilines is 1. The standard InChI is InChI=1S/C11H9F2NO3S/c12-11(13)16-8-3-1-2-7(10(8)17-11)14-5-6(18)4-9(14)15/h1-3,6,18H,4-5H2. The maximum absolute atomic E-state index is 13.0. The van der Waals surface area contributed by atoms with E-state index < -0.39 is 6.29 Å². The molecule has 0 saturated carbocycles. The molecule has 0 aromatic heterocycles. The van der Waals surface area contributed by atoms with Gasteiger partial charge in [-0.15, -0.1) is 8.78 Å². The van der Waals surface area contributed by atoms with Crippen molar-refractivity contribution in [3.63, 3.8) is 0 Å². The van der Waals surface area contributed by atoms with Crippen LogP contribution in [0.5, 0.6) is 11.5 Å². The van der Waals surface area contributed by atoms with Gasteiger partial charge in [0.1, 0.15) is 0 Å². The van der Waals surface area contributed by atoms with Gasteiger partial charge in [-0.1, -0.05) is 6.07 Å². The Balaban J connectivity index is 2.01. The number of alkyl halides is 2. The molecule has 0 aliphatic carbocycles. The Morgan fingerprint density at radius 3 is 2.83 bits per heavy atom. The van der Waals surface area contributed by atoms with Crippen molar-refractivity contribution in [3.8, 4) is 11.5 Å². The summed E-state index contributed by atoms with van der Waals surface area (Å²) >= 11 is 4.22. The summed E-state index contributed by atoms with van der Waals surface area (Å²) in [6, 6.07) is 4.46. The number of amides is 1. The van der Waals surface area contributed by atoms with E-state index >= 15 is 0 Å². The second kappa shape index (κ2) is 3.74. The molecule has 2 aliphatic heterocycles. The molecule has 1 amide bonds. The Labute approximate surface area is 107 Å². The Morgan fingerprint density at radius 1 is 1.39 bits per heavy atom. The van der Waals surface area contributed by atoms with Gasteiger partial charge in [-0.25, -0.2) is 0 Å².